The highest BCUT2D eigenvalue weighted by atomic mass is 79.9. The number of hydrogen-bond donors (Lipinski definition) is 1. The zero-order valence-electron chi connectivity index (χ0n) is 11.7. The highest BCUT2D eigenvalue weighted by Crippen LogP contribution is 2.28. The van der Waals surface area contributed by atoms with Crippen LogP contribution >= 0.6 is 15.9 Å². The number of hydrogen-bond acceptors (Lipinski definition) is 2. The Bertz CT molecular complexity index is 664. The second-order valence-electron chi connectivity index (χ2n) is 5.21. The highest BCUT2D eigenvalue weighted by molar-refractivity contribution is 9.10. The maximum absolute atomic E-state index is 12.5. The van der Waals surface area contributed by atoms with Crippen molar-refractivity contribution in [2.75, 3.05) is 11.9 Å². The summed E-state index contributed by atoms with van der Waals surface area (Å²) >= 11 is 3.44. The molecular formula is C17H16BrNO2. The van der Waals surface area contributed by atoms with Crippen molar-refractivity contribution in [1.82, 2.24) is 0 Å². The molecule has 0 fully saturated rings. The lowest BCUT2D eigenvalue weighted by Gasteiger charge is -2.25. The van der Waals surface area contributed by atoms with Gasteiger partial charge in [0, 0.05) is 10.2 Å². The van der Waals surface area contributed by atoms with Gasteiger partial charge in [0.05, 0.1) is 6.61 Å². The number of nitrogens with one attached hydrogen (secondary N) is 1. The Morgan fingerprint density at radius 3 is 2.90 bits per heavy atom. The summed E-state index contributed by atoms with van der Waals surface area (Å²) in [5.74, 6) is -0.125. The number of rotatable bonds is 2. The van der Waals surface area contributed by atoms with Gasteiger partial charge < -0.3 is 10.1 Å². The van der Waals surface area contributed by atoms with E-state index in [1.165, 1.54) is 5.56 Å². The normalized spacial score (nSPS) is 17.1. The highest BCUT2D eigenvalue weighted by Gasteiger charge is 2.27. The molecule has 21 heavy (non-hydrogen) atoms. The van der Waals surface area contributed by atoms with Crippen LogP contribution in [0.2, 0.25) is 0 Å². The lowest BCUT2D eigenvalue weighted by atomic mass is 9.97. The summed E-state index contributed by atoms with van der Waals surface area (Å²) in [6.45, 7) is 2.57. The van der Waals surface area contributed by atoms with E-state index in [1.54, 1.807) is 0 Å². The number of carbonyl (C=O) groups is 1. The molecule has 1 aliphatic rings. The molecule has 3 nitrogen and oxygen atoms in total. The van der Waals surface area contributed by atoms with Crippen LogP contribution in [0.4, 0.5) is 5.69 Å². The van der Waals surface area contributed by atoms with Gasteiger partial charge in [0.1, 0.15) is 0 Å². The summed E-state index contributed by atoms with van der Waals surface area (Å²) in [6.07, 6.45) is 0.324. The zero-order valence-corrected chi connectivity index (χ0v) is 13.3. The number of aryl methyl sites for hydroxylation is 1. The minimum absolute atomic E-state index is 0.125. The van der Waals surface area contributed by atoms with Gasteiger partial charge in [0.15, 0.2) is 6.10 Å². The minimum Gasteiger partial charge on any atom is -0.363 e. The molecular weight excluding hydrogens is 330 g/mol. The molecule has 0 aromatic heterocycles. The maximum atomic E-state index is 12.5. The molecule has 3 rings (SSSR count). The maximum Gasteiger partial charge on any atom is 0.258 e. The monoisotopic (exact) mass is 345 g/mol. The molecule has 1 unspecified atom stereocenters. The van der Waals surface area contributed by atoms with Crippen molar-refractivity contribution in [3.05, 3.63) is 63.6 Å². The number of fused-ring (bicyclic) bond motifs is 1. The zero-order chi connectivity index (χ0) is 14.8. The molecule has 0 saturated carbocycles. The lowest BCUT2D eigenvalue weighted by Crippen LogP contribution is -2.28. The first-order valence-electron chi connectivity index (χ1n) is 6.91. The standard InChI is InChI=1S/C17H16BrNO2/c1-11-8-13(18)10-14(9-11)19-17(20)16-15-5-3-2-4-12(15)6-7-21-16/h2-5,8-10,16H,6-7H2,1H3,(H,19,20). The Balaban J connectivity index is 1.83. The van der Waals surface area contributed by atoms with E-state index in [9.17, 15) is 4.79 Å². The molecule has 0 saturated heterocycles. The molecule has 0 spiro atoms. The summed E-state index contributed by atoms with van der Waals surface area (Å²) in [6, 6.07) is 13.8. The third-order valence-electron chi connectivity index (χ3n) is 3.54. The van der Waals surface area contributed by atoms with Crippen molar-refractivity contribution >= 4 is 27.5 Å². The fraction of sp³-hybridized carbons (Fsp3) is 0.235. The number of ether oxygens (including phenoxy) is 1. The first-order chi connectivity index (χ1) is 10.1. The van der Waals surface area contributed by atoms with Gasteiger partial charge in [-0.1, -0.05) is 40.2 Å². The van der Waals surface area contributed by atoms with Crippen molar-refractivity contribution in [3.8, 4) is 0 Å². The average Bonchev–Trinajstić information content (AvgIpc) is 2.45. The van der Waals surface area contributed by atoms with Gasteiger partial charge >= 0.3 is 0 Å². The summed E-state index contributed by atoms with van der Waals surface area (Å²) < 4.78 is 6.62. The van der Waals surface area contributed by atoms with E-state index in [2.05, 4.69) is 27.3 Å². The van der Waals surface area contributed by atoms with Crippen LogP contribution in [0, 0.1) is 6.92 Å². The number of halogens is 1. The van der Waals surface area contributed by atoms with Crippen LogP contribution in [0.3, 0.4) is 0 Å². The first-order valence-corrected chi connectivity index (χ1v) is 7.70. The van der Waals surface area contributed by atoms with Gasteiger partial charge in [-0.2, -0.15) is 0 Å². The van der Waals surface area contributed by atoms with Gasteiger partial charge in [-0.3, -0.25) is 4.79 Å². The third kappa shape index (κ3) is 3.17. The Kier molecular flexibility index (Phi) is 4.08. The van der Waals surface area contributed by atoms with Crippen molar-refractivity contribution in [2.45, 2.75) is 19.4 Å². The summed E-state index contributed by atoms with van der Waals surface area (Å²) in [5.41, 5.74) is 4.02. The molecule has 2 aromatic rings. The van der Waals surface area contributed by atoms with E-state index >= 15 is 0 Å². The molecule has 0 bridgehead atoms. The van der Waals surface area contributed by atoms with Crippen LogP contribution in [0.5, 0.6) is 0 Å². The second kappa shape index (κ2) is 6.00. The molecule has 1 amide bonds. The molecule has 1 N–H and O–H groups in total. The SMILES string of the molecule is Cc1cc(Br)cc(NC(=O)C2OCCc3ccccc32)c1. The van der Waals surface area contributed by atoms with E-state index < -0.39 is 6.10 Å². The van der Waals surface area contributed by atoms with E-state index in [1.807, 2.05) is 43.3 Å². The van der Waals surface area contributed by atoms with Gasteiger partial charge in [0.2, 0.25) is 0 Å². The van der Waals surface area contributed by atoms with Crippen molar-refractivity contribution in [3.63, 3.8) is 0 Å². The number of amides is 1. The molecule has 0 radical (unpaired) electrons. The van der Waals surface area contributed by atoms with Gasteiger partial charge in [-0.25, -0.2) is 0 Å². The van der Waals surface area contributed by atoms with Crippen molar-refractivity contribution < 1.29 is 9.53 Å². The van der Waals surface area contributed by atoms with E-state index in [4.69, 9.17) is 4.74 Å². The molecule has 0 aliphatic carbocycles. The van der Waals surface area contributed by atoms with Crippen LogP contribution in [0.25, 0.3) is 0 Å². The van der Waals surface area contributed by atoms with Crippen LogP contribution in [0.1, 0.15) is 22.8 Å². The van der Waals surface area contributed by atoms with Crippen LogP contribution in [0.15, 0.2) is 46.9 Å². The topological polar surface area (TPSA) is 38.3 Å². The van der Waals surface area contributed by atoms with Crippen LogP contribution < -0.4 is 5.32 Å². The Morgan fingerprint density at radius 1 is 1.29 bits per heavy atom. The fourth-order valence-electron chi connectivity index (χ4n) is 2.63. The Morgan fingerprint density at radius 2 is 2.10 bits per heavy atom. The van der Waals surface area contributed by atoms with Crippen LogP contribution in [-0.2, 0) is 16.0 Å². The molecule has 1 atom stereocenters. The van der Waals surface area contributed by atoms with E-state index in [-0.39, 0.29) is 5.91 Å². The second-order valence-corrected chi connectivity index (χ2v) is 6.12. The largest absolute Gasteiger partial charge is 0.363 e. The predicted octanol–water partition coefficient (Wildman–Crippen LogP) is 4.01. The molecule has 2 aromatic carbocycles. The molecule has 1 heterocycles. The quantitative estimate of drug-likeness (QED) is 0.892. The predicted molar refractivity (Wildman–Crippen MR) is 86.3 cm³/mol. The molecule has 108 valence electrons. The Hall–Kier alpha value is -1.65. The third-order valence-corrected chi connectivity index (χ3v) is 4.00. The molecule has 1 aliphatic heterocycles. The fourth-order valence-corrected chi connectivity index (χ4v) is 3.24. The van der Waals surface area contributed by atoms with Crippen molar-refractivity contribution in [1.29, 1.82) is 0 Å². The average molecular weight is 346 g/mol. The van der Waals surface area contributed by atoms with Gasteiger partial charge in [-0.15, -0.1) is 0 Å². The van der Waals surface area contributed by atoms with Gasteiger partial charge in [-0.05, 0) is 48.2 Å². The lowest BCUT2D eigenvalue weighted by molar-refractivity contribution is -0.128. The number of benzene rings is 2. The molecule has 4 heteroatoms. The minimum atomic E-state index is -0.533. The summed E-state index contributed by atoms with van der Waals surface area (Å²) in [4.78, 5) is 12.5. The van der Waals surface area contributed by atoms with Crippen molar-refractivity contribution in [2.24, 2.45) is 0 Å². The summed E-state index contributed by atoms with van der Waals surface area (Å²) in [5, 5.41) is 2.94. The van der Waals surface area contributed by atoms with E-state index in [0.717, 1.165) is 27.7 Å². The van der Waals surface area contributed by atoms with Crippen LogP contribution in [-0.4, -0.2) is 12.5 Å². The Labute approximate surface area is 132 Å². The number of anilines is 1. The summed E-state index contributed by atoms with van der Waals surface area (Å²) in [7, 11) is 0. The van der Waals surface area contributed by atoms with E-state index in [0.29, 0.717) is 6.61 Å². The van der Waals surface area contributed by atoms with Gasteiger partial charge in [0.25, 0.3) is 5.91 Å². The smallest absolute Gasteiger partial charge is 0.258 e. The first kappa shape index (κ1) is 14.3. The number of carbonyl (C=O) groups excluding carboxylic acids is 1.